The Labute approximate surface area is 185 Å². The third-order valence-corrected chi connectivity index (χ3v) is 5.43. The van der Waals surface area contributed by atoms with Gasteiger partial charge in [-0.05, 0) is 63.0 Å². The first-order valence-electron chi connectivity index (χ1n) is 9.77. The SMILES string of the molecule is COc1ccc(C(O)=C2C(=O)C(=O)N(CCCN(C)C)C2c2cccc(F)c2)cc1Cl. The number of halogens is 2. The molecule has 0 aromatic heterocycles. The summed E-state index contributed by atoms with van der Waals surface area (Å²) in [4.78, 5) is 29.1. The number of likely N-dealkylation sites (tertiary alicyclic amines) is 1. The van der Waals surface area contributed by atoms with Gasteiger partial charge in [0.15, 0.2) is 0 Å². The highest BCUT2D eigenvalue weighted by Crippen LogP contribution is 2.40. The van der Waals surface area contributed by atoms with Crippen LogP contribution in [-0.4, -0.2) is 60.9 Å². The standard InChI is InChI=1S/C23H24ClFN2O4/c1-26(2)10-5-11-27-20(14-6-4-7-16(25)12-14)19(22(29)23(27)30)21(28)15-8-9-18(31-3)17(24)13-15/h4,6-9,12-13,20,28H,5,10-11H2,1-3H3. The van der Waals surface area contributed by atoms with Crippen LogP contribution in [-0.2, 0) is 9.59 Å². The molecule has 1 N–H and O–H groups in total. The van der Waals surface area contributed by atoms with E-state index in [-0.39, 0.29) is 28.5 Å². The van der Waals surface area contributed by atoms with Crippen LogP contribution in [0, 0.1) is 5.82 Å². The van der Waals surface area contributed by atoms with Crippen LogP contribution in [0.15, 0.2) is 48.0 Å². The number of hydrogen-bond acceptors (Lipinski definition) is 5. The number of ketones is 1. The average Bonchev–Trinajstić information content (AvgIpc) is 2.98. The molecule has 1 fully saturated rings. The molecule has 2 aromatic rings. The van der Waals surface area contributed by atoms with Crippen molar-refractivity contribution in [1.29, 1.82) is 0 Å². The number of rotatable bonds is 7. The van der Waals surface area contributed by atoms with E-state index in [2.05, 4.69) is 0 Å². The Bertz CT molecular complexity index is 1040. The third kappa shape index (κ3) is 4.73. The average molecular weight is 447 g/mol. The number of aliphatic hydroxyl groups is 1. The van der Waals surface area contributed by atoms with Gasteiger partial charge in [-0.15, -0.1) is 0 Å². The van der Waals surface area contributed by atoms with E-state index in [1.54, 1.807) is 18.2 Å². The second-order valence-corrected chi connectivity index (χ2v) is 7.96. The summed E-state index contributed by atoms with van der Waals surface area (Å²) in [5, 5.41) is 11.3. The van der Waals surface area contributed by atoms with Crippen molar-refractivity contribution in [3.8, 4) is 5.75 Å². The Hall–Kier alpha value is -2.90. The monoisotopic (exact) mass is 446 g/mol. The number of methoxy groups -OCH3 is 1. The van der Waals surface area contributed by atoms with E-state index < -0.39 is 23.5 Å². The Morgan fingerprint density at radius 3 is 2.58 bits per heavy atom. The van der Waals surface area contributed by atoms with Gasteiger partial charge in [-0.3, -0.25) is 9.59 Å². The molecule has 0 saturated carbocycles. The van der Waals surface area contributed by atoms with Crippen LogP contribution in [0.2, 0.25) is 5.02 Å². The fourth-order valence-electron chi connectivity index (χ4n) is 3.66. The molecule has 164 valence electrons. The maximum atomic E-state index is 14.0. The van der Waals surface area contributed by atoms with Gasteiger partial charge in [-0.25, -0.2) is 4.39 Å². The molecule has 1 heterocycles. The number of aliphatic hydroxyl groups excluding tert-OH is 1. The van der Waals surface area contributed by atoms with Crippen LogP contribution in [0.1, 0.15) is 23.6 Å². The van der Waals surface area contributed by atoms with E-state index in [1.807, 2.05) is 19.0 Å². The lowest BCUT2D eigenvalue weighted by molar-refractivity contribution is -0.139. The summed E-state index contributed by atoms with van der Waals surface area (Å²) in [6.07, 6.45) is 0.611. The van der Waals surface area contributed by atoms with E-state index in [0.717, 1.165) is 0 Å². The smallest absolute Gasteiger partial charge is 0.295 e. The lowest BCUT2D eigenvalue weighted by Crippen LogP contribution is -2.32. The second kappa shape index (κ2) is 9.49. The molecule has 0 bridgehead atoms. The molecule has 1 amide bonds. The molecule has 1 saturated heterocycles. The van der Waals surface area contributed by atoms with Gasteiger partial charge >= 0.3 is 0 Å². The number of hydrogen-bond donors (Lipinski definition) is 1. The molecule has 0 aliphatic carbocycles. The molecule has 0 radical (unpaired) electrons. The van der Waals surface area contributed by atoms with Gasteiger partial charge in [-0.1, -0.05) is 23.7 Å². The van der Waals surface area contributed by atoms with Gasteiger partial charge < -0.3 is 19.6 Å². The van der Waals surface area contributed by atoms with Gasteiger partial charge in [0, 0.05) is 12.1 Å². The first-order valence-corrected chi connectivity index (χ1v) is 10.1. The van der Waals surface area contributed by atoms with Crippen LogP contribution in [0.3, 0.4) is 0 Å². The number of nitrogens with zero attached hydrogens (tertiary/aromatic N) is 2. The van der Waals surface area contributed by atoms with E-state index in [9.17, 15) is 19.1 Å². The minimum atomic E-state index is -0.904. The number of amides is 1. The molecule has 31 heavy (non-hydrogen) atoms. The topological polar surface area (TPSA) is 70.1 Å². The lowest BCUT2D eigenvalue weighted by Gasteiger charge is -2.26. The zero-order valence-corrected chi connectivity index (χ0v) is 18.3. The molecule has 3 rings (SSSR count). The molecule has 1 unspecified atom stereocenters. The number of carbonyl (C=O) groups is 2. The molecule has 1 aliphatic heterocycles. The summed E-state index contributed by atoms with van der Waals surface area (Å²) in [6.45, 7) is 0.983. The predicted molar refractivity (Wildman–Crippen MR) is 117 cm³/mol. The molecular weight excluding hydrogens is 423 g/mol. The summed E-state index contributed by atoms with van der Waals surface area (Å²) in [5.74, 6) is -2.00. The van der Waals surface area contributed by atoms with E-state index >= 15 is 0 Å². The van der Waals surface area contributed by atoms with Gasteiger partial charge in [0.1, 0.15) is 17.3 Å². The minimum absolute atomic E-state index is 0.0957. The Balaban J connectivity index is 2.11. The molecule has 0 spiro atoms. The van der Waals surface area contributed by atoms with Crippen LogP contribution in [0.25, 0.3) is 5.76 Å². The van der Waals surface area contributed by atoms with Crippen LogP contribution >= 0.6 is 11.6 Å². The van der Waals surface area contributed by atoms with Crippen LogP contribution < -0.4 is 4.74 Å². The predicted octanol–water partition coefficient (Wildman–Crippen LogP) is 3.86. The van der Waals surface area contributed by atoms with Gasteiger partial charge in [0.05, 0.1) is 23.7 Å². The Morgan fingerprint density at radius 2 is 1.97 bits per heavy atom. The fourth-order valence-corrected chi connectivity index (χ4v) is 3.92. The van der Waals surface area contributed by atoms with Crippen molar-refractivity contribution < 1.29 is 23.8 Å². The van der Waals surface area contributed by atoms with Crippen molar-refractivity contribution >= 4 is 29.1 Å². The third-order valence-electron chi connectivity index (χ3n) is 5.13. The summed E-state index contributed by atoms with van der Waals surface area (Å²) >= 11 is 6.17. The Kier molecular flexibility index (Phi) is 6.97. The van der Waals surface area contributed by atoms with Crippen molar-refractivity contribution in [1.82, 2.24) is 9.80 Å². The van der Waals surface area contributed by atoms with Crippen molar-refractivity contribution in [2.24, 2.45) is 0 Å². The van der Waals surface area contributed by atoms with Gasteiger partial charge in [0.2, 0.25) is 0 Å². The summed E-state index contributed by atoms with van der Waals surface area (Å²) < 4.78 is 19.1. The quantitative estimate of drug-likeness (QED) is 0.397. The zero-order chi connectivity index (χ0) is 22.7. The van der Waals surface area contributed by atoms with Crippen molar-refractivity contribution in [3.63, 3.8) is 0 Å². The lowest BCUT2D eigenvalue weighted by atomic mass is 9.95. The fraction of sp³-hybridized carbons (Fsp3) is 0.304. The molecule has 1 aliphatic rings. The summed E-state index contributed by atoms with van der Waals surface area (Å²) in [5.41, 5.74) is 0.574. The van der Waals surface area contributed by atoms with Crippen molar-refractivity contribution in [3.05, 3.63) is 70.0 Å². The van der Waals surface area contributed by atoms with Crippen LogP contribution in [0.4, 0.5) is 4.39 Å². The molecule has 2 aromatic carbocycles. The summed E-state index contributed by atoms with van der Waals surface area (Å²) in [6, 6.07) is 9.34. The number of benzene rings is 2. The minimum Gasteiger partial charge on any atom is -0.507 e. The Morgan fingerprint density at radius 1 is 1.23 bits per heavy atom. The summed E-state index contributed by atoms with van der Waals surface area (Å²) in [7, 11) is 5.28. The zero-order valence-electron chi connectivity index (χ0n) is 17.6. The van der Waals surface area contributed by atoms with Gasteiger partial charge in [-0.2, -0.15) is 0 Å². The molecule has 8 heteroatoms. The molecule has 6 nitrogen and oxygen atoms in total. The number of ether oxygens (including phenoxy) is 1. The number of Topliss-reactive ketones (excluding diaryl/α,β-unsaturated/α-hetero) is 1. The molecular formula is C23H24ClFN2O4. The van der Waals surface area contributed by atoms with E-state index in [4.69, 9.17) is 16.3 Å². The largest absolute Gasteiger partial charge is 0.507 e. The highest BCUT2D eigenvalue weighted by atomic mass is 35.5. The first kappa shape index (κ1) is 22.8. The molecule has 1 atom stereocenters. The van der Waals surface area contributed by atoms with Gasteiger partial charge in [0.25, 0.3) is 11.7 Å². The maximum absolute atomic E-state index is 14.0. The normalized spacial score (nSPS) is 18.1. The second-order valence-electron chi connectivity index (χ2n) is 7.55. The highest BCUT2D eigenvalue weighted by Gasteiger charge is 2.45. The van der Waals surface area contributed by atoms with Crippen LogP contribution in [0.5, 0.6) is 5.75 Å². The number of carbonyl (C=O) groups excluding carboxylic acids is 2. The van der Waals surface area contributed by atoms with E-state index in [0.29, 0.717) is 24.3 Å². The van der Waals surface area contributed by atoms with E-state index in [1.165, 1.54) is 36.3 Å². The maximum Gasteiger partial charge on any atom is 0.295 e. The van der Waals surface area contributed by atoms with Crippen molar-refractivity contribution in [2.45, 2.75) is 12.5 Å². The van der Waals surface area contributed by atoms with Crippen molar-refractivity contribution in [2.75, 3.05) is 34.3 Å². The highest BCUT2D eigenvalue weighted by molar-refractivity contribution is 6.46. The first-order chi connectivity index (χ1) is 14.7.